The van der Waals surface area contributed by atoms with Crippen molar-refractivity contribution in [1.29, 1.82) is 0 Å². The first-order chi connectivity index (χ1) is 9.01. The summed E-state index contributed by atoms with van der Waals surface area (Å²) in [6.45, 7) is 9.69. The third kappa shape index (κ3) is 4.68. The van der Waals surface area contributed by atoms with Crippen LogP contribution in [0.25, 0.3) is 0 Å². The van der Waals surface area contributed by atoms with Gasteiger partial charge in [0.15, 0.2) is 0 Å². The standard InChI is InChI=1S/C16H25ClFN/c1-5-15(6-2)19(11-12(3)4)16-8-13(10-17)7-14(18)9-16/h7-9,12,15H,5-6,10-11H2,1-4H3. The minimum atomic E-state index is -0.201. The molecule has 0 bridgehead atoms. The molecule has 0 unspecified atom stereocenters. The topological polar surface area (TPSA) is 3.24 Å². The van der Waals surface area contributed by atoms with Gasteiger partial charge in [-0.2, -0.15) is 0 Å². The van der Waals surface area contributed by atoms with Crippen molar-refractivity contribution in [3.8, 4) is 0 Å². The molecular formula is C16H25ClFN. The van der Waals surface area contributed by atoms with E-state index in [9.17, 15) is 4.39 Å². The van der Waals surface area contributed by atoms with E-state index in [-0.39, 0.29) is 5.82 Å². The number of rotatable bonds is 7. The summed E-state index contributed by atoms with van der Waals surface area (Å²) in [7, 11) is 0. The van der Waals surface area contributed by atoms with Gasteiger partial charge >= 0.3 is 0 Å². The molecular weight excluding hydrogens is 261 g/mol. The molecule has 19 heavy (non-hydrogen) atoms. The van der Waals surface area contributed by atoms with Gasteiger partial charge < -0.3 is 4.90 Å². The summed E-state index contributed by atoms with van der Waals surface area (Å²) in [6, 6.07) is 5.59. The molecule has 0 saturated carbocycles. The molecule has 0 aromatic heterocycles. The van der Waals surface area contributed by atoms with Crippen LogP contribution in [0, 0.1) is 11.7 Å². The Labute approximate surface area is 121 Å². The Morgan fingerprint density at radius 1 is 1.16 bits per heavy atom. The Morgan fingerprint density at radius 3 is 2.26 bits per heavy atom. The van der Waals surface area contributed by atoms with Crippen LogP contribution >= 0.6 is 11.6 Å². The van der Waals surface area contributed by atoms with Crippen molar-refractivity contribution in [3.63, 3.8) is 0 Å². The predicted octanol–water partition coefficient (Wildman–Crippen LogP) is 5.22. The molecule has 1 nitrogen and oxygen atoms in total. The average Bonchev–Trinajstić information content (AvgIpc) is 2.37. The Balaban J connectivity index is 3.11. The molecule has 0 spiro atoms. The van der Waals surface area contributed by atoms with Crippen LogP contribution in [0.1, 0.15) is 46.1 Å². The molecule has 0 aliphatic heterocycles. The first-order valence-electron chi connectivity index (χ1n) is 7.13. The maximum atomic E-state index is 13.7. The zero-order valence-electron chi connectivity index (χ0n) is 12.4. The number of alkyl halides is 1. The molecule has 0 aliphatic rings. The van der Waals surface area contributed by atoms with Crippen molar-refractivity contribution >= 4 is 17.3 Å². The molecule has 1 aromatic rings. The van der Waals surface area contributed by atoms with Crippen LogP contribution in [0.4, 0.5) is 10.1 Å². The van der Waals surface area contributed by atoms with Gasteiger partial charge in [0.05, 0.1) is 0 Å². The fraction of sp³-hybridized carbons (Fsp3) is 0.625. The van der Waals surface area contributed by atoms with Gasteiger partial charge in [0.1, 0.15) is 5.82 Å². The first-order valence-corrected chi connectivity index (χ1v) is 7.67. The molecule has 0 N–H and O–H groups in total. The molecule has 108 valence electrons. The first kappa shape index (κ1) is 16.3. The van der Waals surface area contributed by atoms with Gasteiger partial charge in [-0.15, -0.1) is 11.6 Å². The number of anilines is 1. The maximum Gasteiger partial charge on any atom is 0.125 e. The summed E-state index contributed by atoms with van der Waals surface area (Å²) >= 11 is 5.84. The Hall–Kier alpha value is -0.760. The summed E-state index contributed by atoms with van der Waals surface area (Å²) in [5.74, 6) is 0.694. The molecule has 0 atom stereocenters. The van der Waals surface area contributed by atoms with E-state index in [0.717, 1.165) is 30.6 Å². The smallest absolute Gasteiger partial charge is 0.125 e. The van der Waals surface area contributed by atoms with Crippen LogP contribution in [0.15, 0.2) is 18.2 Å². The van der Waals surface area contributed by atoms with Crippen LogP contribution in [-0.2, 0) is 5.88 Å². The molecule has 0 amide bonds. The summed E-state index contributed by atoms with van der Waals surface area (Å²) in [5.41, 5.74) is 1.80. The van der Waals surface area contributed by atoms with Gasteiger partial charge in [-0.05, 0) is 42.5 Å². The average molecular weight is 286 g/mol. The van der Waals surface area contributed by atoms with E-state index < -0.39 is 0 Å². The summed E-state index contributed by atoms with van der Waals surface area (Å²) in [6.07, 6.45) is 2.13. The van der Waals surface area contributed by atoms with E-state index in [1.807, 2.05) is 6.07 Å². The van der Waals surface area contributed by atoms with Crippen molar-refractivity contribution < 1.29 is 4.39 Å². The summed E-state index contributed by atoms with van der Waals surface area (Å²) in [4.78, 5) is 2.32. The third-order valence-corrected chi connectivity index (χ3v) is 3.68. The fourth-order valence-corrected chi connectivity index (χ4v) is 2.62. The summed E-state index contributed by atoms with van der Waals surface area (Å²) in [5, 5.41) is 0. The molecule has 1 rings (SSSR count). The van der Waals surface area contributed by atoms with Crippen molar-refractivity contribution in [2.75, 3.05) is 11.4 Å². The van der Waals surface area contributed by atoms with Crippen LogP contribution < -0.4 is 4.90 Å². The van der Waals surface area contributed by atoms with Gasteiger partial charge in [0.25, 0.3) is 0 Å². The Morgan fingerprint density at radius 2 is 1.79 bits per heavy atom. The van der Waals surface area contributed by atoms with Crippen LogP contribution in [0.3, 0.4) is 0 Å². The SMILES string of the molecule is CCC(CC)N(CC(C)C)c1cc(F)cc(CCl)c1. The molecule has 0 saturated heterocycles. The van der Waals surface area contributed by atoms with E-state index in [1.54, 1.807) is 6.07 Å². The van der Waals surface area contributed by atoms with Gasteiger partial charge in [-0.1, -0.05) is 27.7 Å². The van der Waals surface area contributed by atoms with Crippen molar-refractivity contribution in [2.24, 2.45) is 5.92 Å². The van der Waals surface area contributed by atoms with E-state index >= 15 is 0 Å². The van der Waals surface area contributed by atoms with E-state index in [1.165, 1.54) is 6.07 Å². The van der Waals surface area contributed by atoms with Crippen molar-refractivity contribution in [2.45, 2.75) is 52.5 Å². The predicted molar refractivity (Wildman–Crippen MR) is 82.5 cm³/mol. The number of nitrogens with zero attached hydrogens (tertiary/aromatic N) is 1. The highest BCUT2D eigenvalue weighted by molar-refractivity contribution is 6.17. The van der Waals surface area contributed by atoms with Crippen molar-refractivity contribution in [1.82, 2.24) is 0 Å². The number of hydrogen-bond donors (Lipinski definition) is 0. The van der Waals surface area contributed by atoms with Crippen LogP contribution in [-0.4, -0.2) is 12.6 Å². The largest absolute Gasteiger partial charge is 0.368 e. The number of hydrogen-bond acceptors (Lipinski definition) is 1. The molecule has 0 heterocycles. The lowest BCUT2D eigenvalue weighted by Gasteiger charge is -2.34. The highest BCUT2D eigenvalue weighted by Crippen LogP contribution is 2.25. The highest BCUT2D eigenvalue weighted by Gasteiger charge is 2.18. The second-order valence-electron chi connectivity index (χ2n) is 5.47. The lowest BCUT2D eigenvalue weighted by molar-refractivity contribution is 0.506. The normalized spacial score (nSPS) is 11.4. The van der Waals surface area contributed by atoms with Gasteiger partial charge in [0.2, 0.25) is 0 Å². The minimum Gasteiger partial charge on any atom is -0.368 e. The van der Waals surface area contributed by atoms with Crippen molar-refractivity contribution in [3.05, 3.63) is 29.6 Å². The lowest BCUT2D eigenvalue weighted by Crippen LogP contribution is -2.37. The van der Waals surface area contributed by atoms with E-state index in [2.05, 4.69) is 32.6 Å². The molecule has 0 aliphatic carbocycles. The third-order valence-electron chi connectivity index (χ3n) is 3.37. The van der Waals surface area contributed by atoms with E-state index in [4.69, 9.17) is 11.6 Å². The zero-order valence-corrected chi connectivity index (χ0v) is 13.2. The number of halogens is 2. The second-order valence-corrected chi connectivity index (χ2v) is 5.74. The number of benzene rings is 1. The molecule has 3 heteroatoms. The van der Waals surface area contributed by atoms with Gasteiger partial charge in [-0.25, -0.2) is 4.39 Å². The Kier molecular flexibility index (Phi) is 6.64. The van der Waals surface area contributed by atoms with Crippen LogP contribution in [0.2, 0.25) is 0 Å². The monoisotopic (exact) mass is 285 g/mol. The van der Waals surface area contributed by atoms with Crippen LogP contribution in [0.5, 0.6) is 0 Å². The lowest BCUT2D eigenvalue weighted by atomic mass is 10.1. The minimum absolute atomic E-state index is 0.201. The van der Waals surface area contributed by atoms with E-state index in [0.29, 0.717) is 17.8 Å². The molecule has 1 aromatic carbocycles. The second kappa shape index (κ2) is 7.74. The molecule has 0 fully saturated rings. The molecule has 0 radical (unpaired) electrons. The Bertz CT molecular complexity index is 388. The summed E-state index contributed by atoms with van der Waals surface area (Å²) < 4.78 is 13.7. The quantitative estimate of drug-likeness (QED) is 0.621. The fourth-order valence-electron chi connectivity index (χ4n) is 2.46. The van der Waals surface area contributed by atoms with Gasteiger partial charge in [-0.3, -0.25) is 0 Å². The van der Waals surface area contributed by atoms with Gasteiger partial charge in [0, 0.05) is 24.2 Å². The highest BCUT2D eigenvalue weighted by atomic mass is 35.5. The maximum absolute atomic E-state index is 13.7. The zero-order chi connectivity index (χ0) is 14.4.